The zero-order chi connectivity index (χ0) is 17.7. The Bertz CT molecular complexity index is 802. The standard InChI is InChI=1S/C16H19ClN4O3/c1-9(2)12-7-14(22)20-16(19-12)21-18-8-10-5-11(17)15(24-4)13(6-10)23-3/h5-9H,1-4H3,(H2,19,20,21,22)/b18-8-. The van der Waals surface area contributed by atoms with E-state index in [0.717, 1.165) is 0 Å². The van der Waals surface area contributed by atoms with E-state index in [0.29, 0.717) is 27.8 Å². The van der Waals surface area contributed by atoms with Gasteiger partial charge in [-0.05, 0) is 23.6 Å². The number of hydrogen-bond donors (Lipinski definition) is 2. The fourth-order valence-electron chi connectivity index (χ4n) is 2.01. The van der Waals surface area contributed by atoms with Gasteiger partial charge in [-0.2, -0.15) is 5.10 Å². The molecule has 0 saturated heterocycles. The molecule has 1 aromatic heterocycles. The van der Waals surface area contributed by atoms with E-state index in [-0.39, 0.29) is 17.4 Å². The van der Waals surface area contributed by atoms with Crippen molar-refractivity contribution in [3.63, 3.8) is 0 Å². The molecule has 24 heavy (non-hydrogen) atoms. The number of anilines is 1. The Kier molecular flexibility index (Phi) is 5.81. The number of halogens is 1. The van der Waals surface area contributed by atoms with Gasteiger partial charge in [0.05, 0.1) is 31.2 Å². The van der Waals surface area contributed by atoms with Gasteiger partial charge >= 0.3 is 0 Å². The van der Waals surface area contributed by atoms with Crippen molar-refractivity contribution < 1.29 is 9.47 Å². The Morgan fingerprint density at radius 3 is 2.67 bits per heavy atom. The van der Waals surface area contributed by atoms with Crippen LogP contribution < -0.4 is 20.5 Å². The number of hydrazone groups is 1. The van der Waals surface area contributed by atoms with Crippen LogP contribution in [0.3, 0.4) is 0 Å². The molecule has 7 nitrogen and oxygen atoms in total. The van der Waals surface area contributed by atoms with E-state index < -0.39 is 0 Å². The van der Waals surface area contributed by atoms with E-state index in [9.17, 15) is 4.79 Å². The molecule has 0 aliphatic heterocycles. The third-order valence-corrected chi connectivity index (χ3v) is 3.47. The molecule has 2 N–H and O–H groups in total. The second-order valence-electron chi connectivity index (χ2n) is 5.28. The van der Waals surface area contributed by atoms with Crippen LogP contribution in [-0.4, -0.2) is 30.4 Å². The van der Waals surface area contributed by atoms with E-state index in [1.165, 1.54) is 26.5 Å². The van der Waals surface area contributed by atoms with Crippen molar-refractivity contribution in [2.45, 2.75) is 19.8 Å². The number of ether oxygens (including phenoxy) is 2. The summed E-state index contributed by atoms with van der Waals surface area (Å²) >= 11 is 6.14. The summed E-state index contributed by atoms with van der Waals surface area (Å²) in [5.74, 6) is 1.37. The van der Waals surface area contributed by atoms with Gasteiger partial charge in [-0.3, -0.25) is 9.78 Å². The molecule has 0 bridgehead atoms. The Hall–Kier alpha value is -2.54. The van der Waals surface area contributed by atoms with Gasteiger partial charge in [-0.15, -0.1) is 0 Å². The van der Waals surface area contributed by atoms with E-state index >= 15 is 0 Å². The molecule has 2 aromatic rings. The average molecular weight is 351 g/mol. The molecule has 0 amide bonds. The molecule has 0 aliphatic carbocycles. The number of H-pyrrole nitrogens is 1. The van der Waals surface area contributed by atoms with E-state index in [2.05, 4.69) is 20.5 Å². The van der Waals surface area contributed by atoms with Crippen LogP contribution in [0, 0.1) is 0 Å². The summed E-state index contributed by atoms with van der Waals surface area (Å²) in [6.07, 6.45) is 1.54. The summed E-state index contributed by atoms with van der Waals surface area (Å²) in [5, 5.41) is 4.47. The molecule has 2 rings (SSSR count). The highest BCUT2D eigenvalue weighted by molar-refractivity contribution is 6.32. The molecule has 0 radical (unpaired) electrons. The quantitative estimate of drug-likeness (QED) is 0.617. The number of aromatic amines is 1. The predicted molar refractivity (Wildman–Crippen MR) is 94.7 cm³/mol. The monoisotopic (exact) mass is 350 g/mol. The molecule has 0 unspecified atom stereocenters. The smallest absolute Gasteiger partial charge is 0.252 e. The molecule has 8 heteroatoms. The Morgan fingerprint density at radius 2 is 2.04 bits per heavy atom. The Morgan fingerprint density at radius 1 is 1.29 bits per heavy atom. The van der Waals surface area contributed by atoms with Crippen molar-refractivity contribution in [1.29, 1.82) is 0 Å². The number of benzene rings is 1. The lowest BCUT2D eigenvalue weighted by atomic mass is 10.1. The van der Waals surface area contributed by atoms with Crippen LogP contribution in [0.2, 0.25) is 5.02 Å². The third-order valence-electron chi connectivity index (χ3n) is 3.19. The maximum atomic E-state index is 11.6. The van der Waals surface area contributed by atoms with Gasteiger partial charge in [0.25, 0.3) is 5.56 Å². The predicted octanol–water partition coefficient (Wildman–Crippen LogP) is 3.01. The van der Waals surface area contributed by atoms with Crippen molar-refractivity contribution in [3.05, 3.63) is 44.8 Å². The zero-order valence-electron chi connectivity index (χ0n) is 13.9. The number of aromatic nitrogens is 2. The number of rotatable bonds is 6. The fourth-order valence-corrected chi connectivity index (χ4v) is 2.30. The van der Waals surface area contributed by atoms with E-state index in [1.54, 1.807) is 12.1 Å². The van der Waals surface area contributed by atoms with Crippen molar-refractivity contribution in [2.24, 2.45) is 5.10 Å². The normalized spacial score (nSPS) is 11.1. The van der Waals surface area contributed by atoms with Gasteiger partial charge in [0.1, 0.15) is 0 Å². The van der Waals surface area contributed by atoms with Gasteiger partial charge in [0, 0.05) is 6.07 Å². The Balaban J connectivity index is 2.21. The first-order valence-corrected chi connectivity index (χ1v) is 7.64. The minimum Gasteiger partial charge on any atom is -0.493 e. The van der Waals surface area contributed by atoms with Gasteiger partial charge in [0.15, 0.2) is 11.5 Å². The lowest BCUT2D eigenvalue weighted by Crippen LogP contribution is -2.12. The Labute approximate surface area is 144 Å². The van der Waals surface area contributed by atoms with Crippen LogP contribution in [-0.2, 0) is 0 Å². The van der Waals surface area contributed by atoms with Crippen LogP contribution in [0.1, 0.15) is 31.0 Å². The highest BCUT2D eigenvalue weighted by Gasteiger charge is 2.10. The summed E-state index contributed by atoms with van der Waals surface area (Å²) in [6.45, 7) is 3.92. The second-order valence-corrected chi connectivity index (χ2v) is 5.69. The summed E-state index contributed by atoms with van der Waals surface area (Å²) in [5.41, 5.74) is 3.85. The molecule has 1 heterocycles. The highest BCUT2D eigenvalue weighted by Crippen LogP contribution is 2.35. The SMILES string of the molecule is COc1cc(/C=N\Nc2nc(C(C)C)cc(=O)[nH]2)cc(Cl)c1OC. The molecular weight excluding hydrogens is 332 g/mol. The largest absolute Gasteiger partial charge is 0.493 e. The van der Waals surface area contributed by atoms with Gasteiger partial charge in [-0.25, -0.2) is 10.4 Å². The lowest BCUT2D eigenvalue weighted by Gasteiger charge is -2.10. The molecule has 0 saturated carbocycles. The first kappa shape index (κ1) is 17.8. The fraction of sp³-hybridized carbons (Fsp3) is 0.312. The first-order chi connectivity index (χ1) is 11.4. The molecular formula is C16H19ClN4O3. The molecule has 128 valence electrons. The molecule has 0 aliphatic rings. The minimum absolute atomic E-state index is 0.140. The summed E-state index contributed by atoms with van der Waals surface area (Å²) in [6, 6.07) is 4.89. The van der Waals surface area contributed by atoms with E-state index in [1.807, 2.05) is 13.8 Å². The van der Waals surface area contributed by atoms with Gasteiger partial charge in [0.2, 0.25) is 5.95 Å². The molecule has 0 fully saturated rings. The highest BCUT2D eigenvalue weighted by atomic mass is 35.5. The van der Waals surface area contributed by atoms with Crippen LogP contribution >= 0.6 is 11.6 Å². The number of nitrogens with zero attached hydrogens (tertiary/aromatic N) is 2. The average Bonchev–Trinajstić information content (AvgIpc) is 2.53. The topological polar surface area (TPSA) is 88.6 Å². The minimum atomic E-state index is -0.236. The lowest BCUT2D eigenvalue weighted by molar-refractivity contribution is 0.355. The van der Waals surface area contributed by atoms with Crippen molar-refractivity contribution in [1.82, 2.24) is 9.97 Å². The maximum Gasteiger partial charge on any atom is 0.252 e. The number of hydrogen-bond acceptors (Lipinski definition) is 6. The van der Waals surface area contributed by atoms with Crippen LogP contribution in [0.25, 0.3) is 0 Å². The number of methoxy groups -OCH3 is 2. The summed E-state index contributed by atoms with van der Waals surface area (Å²) in [4.78, 5) is 18.5. The van der Waals surface area contributed by atoms with Crippen LogP contribution in [0.4, 0.5) is 5.95 Å². The van der Waals surface area contributed by atoms with E-state index in [4.69, 9.17) is 21.1 Å². The molecule has 0 spiro atoms. The molecule has 0 atom stereocenters. The first-order valence-electron chi connectivity index (χ1n) is 7.26. The maximum absolute atomic E-state index is 11.6. The van der Waals surface area contributed by atoms with Gasteiger partial charge < -0.3 is 9.47 Å². The van der Waals surface area contributed by atoms with Crippen LogP contribution in [0.15, 0.2) is 28.1 Å². The summed E-state index contributed by atoms with van der Waals surface area (Å²) in [7, 11) is 3.04. The summed E-state index contributed by atoms with van der Waals surface area (Å²) < 4.78 is 10.4. The number of nitrogens with one attached hydrogen (secondary N) is 2. The van der Waals surface area contributed by atoms with Crippen LogP contribution in [0.5, 0.6) is 11.5 Å². The third kappa shape index (κ3) is 4.26. The zero-order valence-corrected chi connectivity index (χ0v) is 14.6. The van der Waals surface area contributed by atoms with Crippen molar-refractivity contribution in [2.75, 3.05) is 19.6 Å². The second kappa shape index (κ2) is 7.83. The van der Waals surface area contributed by atoms with Gasteiger partial charge in [-0.1, -0.05) is 25.4 Å². The van der Waals surface area contributed by atoms with Crippen molar-refractivity contribution in [3.8, 4) is 11.5 Å². The van der Waals surface area contributed by atoms with Crippen molar-refractivity contribution >= 4 is 23.8 Å². The molecule has 1 aromatic carbocycles.